The first-order valence-corrected chi connectivity index (χ1v) is 6.13. The maximum Gasteiger partial charge on any atom is 0.0946 e. The number of anilines is 1. The third kappa shape index (κ3) is 3.48. The molecule has 0 radical (unpaired) electrons. The fourth-order valence-electron chi connectivity index (χ4n) is 1.81. The van der Waals surface area contributed by atoms with Gasteiger partial charge in [0.2, 0.25) is 0 Å². The van der Waals surface area contributed by atoms with Crippen molar-refractivity contribution in [2.45, 2.75) is 12.6 Å². The highest BCUT2D eigenvalue weighted by Crippen LogP contribution is 2.16. The summed E-state index contributed by atoms with van der Waals surface area (Å²) in [6.07, 6.45) is 4.80. The average molecular weight is 266 g/mol. The zero-order valence-corrected chi connectivity index (χ0v) is 11.0. The quantitative estimate of drug-likeness (QED) is 0.899. The summed E-state index contributed by atoms with van der Waals surface area (Å²) in [6, 6.07) is 7.56. The summed E-state index contributed by atoms with van der Waals surface area (Å²) in [5, 5.41) is 10.7. The third-order valence-electron chi connectivity index (χ3n) is 2.73. The van der Waals surface area contributed by atoms with Gasteiger partial charge in [-0.05, 0) is 24.3 Å². The topological polar surface area (TPSA) is 41.3 Å². The fourth-order valence-corrected chi connectivity index (χ4v) is 1.94. The van der Waals surface area contributed by atoms with Crippen LogP contribution in [0.25, 0.3) is 0 Å². The van der Waals surface area contributed by atoms with Gasteiger partial charge in [-0.1, -0.05) is 11.6 Å². The van der Waals surface area contributed by atoms with Gasteiger partial charge in [-0.2, -0.15) is 0 Å². The van der Waals surface area contributed by atoms with Crippen molar-refractivity contribution >= 4 is 17.3 Å². The molecule has 0 unspecified atom stereocenters. The van der Waals surface area contributed by atoms with Gasteiger partial charge in [-0.15, -0.1) is 0 Å². The van der Waals surface area contributed by atoms with E-state index < -0.39 is 6.10 Å². The molecule has 0 bridgehead atoms. The van der Waals surface area contributed by atoms with Gasteiger partial charge in [0.25, 0.3) is 0 Å². The summed E-state index contributed by atoms with van der Waals surface area (Å²) in [6.45, 7) is 1.09. The summed E-state index contributed by atoms with van der Waals surface area (Å²) in [5.41, 5.74) is 1.03. The maximum absolute atomic E-state index is 9.99. The van der Waals surface area contributed by atoms with Crippen LogP contribution in [0.1, 0.15) is 0 Å². The molecule has 0 saturated carbocycles. The van der Waals surface area contributed by atoms with E-state index >= 15 is 0 Å². The van der Waals surface area contributed by atoms with E-state index in [4.69, 9.17) is 11.6 Å². The lowest BCUT2D eigenvalue weighted by Gasteiger charge is -2.23. The average Bonchev–Trinajstić information content (AvgIpc) is 2.82. The molecule has 0 aliphatic rings. The molecular weight excluding hydrogens is 250 g/mol. The number of rotatable bonds is 5. The predicted octanol–water partition coefficient (Wildman–Crippen LogP) is 2.03. The lowest BCUT2D eigenvalue weighted by atomic mass is 10.2. The van der Waals surface area contributed by atoms with Crippen molar-refractivity contribution in [1.82, 2.24) is 9.55 Å². The second-order valence-electron chi connectivity index (χ2n) is 4.27. The Balaban J connectivity index is 1.90. The molecule has 1 heterocycles. The lowest BCUT2D eigenvalue weighted by molar-refractivity contribution is 0.160. The molecule has 1 aromatic heterocycles. The van der Waals surface area contributed by atoms with Gasteiger partial charge in [0, 0.05) is 36.7 Å². The highest BCUT2D eigenvalue weighted by molar-refractivity contribution is 6.30. The van der Waals surface area contributed by atoms with Crippen LogP contribution in [0.15, 0.2) is 43.0 Å². The highest BCUT2D eigenvalue weighted by atomic mass is 35.5. The van der Waals surface area contributed by atoms with Crippen LogP contribution in [0.4, 0.5) is 5.69 Å². The zero-order valence-electron chi connectivity index (χ0n) is 10.2. The van der Waals surface area contributed by atoms with Gasteiger partial charge in [-0.25, -0.2) is 4.98 Å². The molecule has 4 nitrogen and oxygen atoms in total. The third-order valence-corrected chi connectivity index (χ3v) is 2.98. The van der Waals surface area contributed by atoms with Crippen molar-refractivity contribution in [1.29, 1.82) is 0 Å². The van der Waals surface area contributed by atoms with Gasteiger partial charge < -0.3 is 14.6 Å². The number of benzene rings is 1. The van der Waals surface area contributed by atoms with Crippen molar-refractivity contribution < 1.29 is 5.11 Å². The fraction of sp³-hybridized carbons (Fsp3) is 0.308. The van der Waals surface area contributed by atoms with Gasteiger partial charge in [0.05, 0.1) is 19.0 Å². The van der Waals surface area contributed by atoms with E-state index in [1.165, 1.54) is 0 Å². The van der Waals surface area contributed by atoms with Crippen molar-refractivity contribution in [3.63, 3.8) is 0 Å². The van der Waals surface area contributed by atoms with E-state index in [0.29, 0.717) is 18.1 Å². The SMILES string of the molecule is CN(C[C@@H](O)Cn1ccnc1)c1ccc(Cl)cc1. The van der Waals surface area contributed by atoms with Gasteiger partial charge >= 0.3 is 0 Å². The number of likely N-dealkylation sites (N-methyl/N-ethyl adjacent to an activating group) is 1. The predicted molar refractivity (Wildman–Crippen MR) is 73.0 cm³/mol. The Morgan fingerprint density at radius 3 is 2.72 bits per heavy atom. The summed E-state index contributed by atoms with van der Waals surface area (Å²) in [7, 11) is 1.94. The van der Waals surface area contributed by atoms with Crippen molar-refractivity contribution in [3.05, 3.63) is 48.0 Å². The zero-order chi connectivity index (χ0) is 13.0. The molecule has 1 aromatic carbocycles. The van der Waals surface area contributed by atoms with Crippen molar-refractivity contribution in [2.75, 3.05) is 18.5 Å². The Morgan fingerprint density at radius 1 is 1.39 bits per heavy atom. The molecule has 0 aliphatic carbocycles. The van der Waals surface area contributed by atoms with Gasteiger partial charge in [0.1, 0.15) is 0 Å². The van der Waals surface area contributed by atoms with Crippen LogP contribution >= 0.6 is 11.6 Å². The summed E-state index contributed by atoms with van der Waals surface area (Å²) in [5.74, 6) is 0. The molecule has 5 heteroatoms. The Hall–Kier alpha value is -1.52. The van der Waals surface area contributed by atoms with E-state index in [1.807, 2.05) is 47.0 Å². The first kappa shape index (κ1) is 12.9. The highest BCUT2D eigenvalue weighted by Gasteiger charge is 2.09. The van der Waals surface area contributed by atoms with Gasteiger partial charge in [0.15, 0.2) is 0 Å². The Kier molecular flexibility index (Phi) is 4.23. The number of halogens is 1. The molecule has 0 saturated heterocycles. The summed E-state index contributed by atoms with van der Waals surface area (Å²) >= 11 is 5.84. The summed E-state index contributed by atoms with van der Waals surface area (Å²) < 4.78 is 1.86. The van der Waals surface area contributed by atoms with E-state index in [0.717, 1.165) is 5.69 Å². The van der Waals surface area contributed by atoms with Crippen LogP contribution in [0.3, 0.4) is 0 Å². The number of aliphatic hydroxyl groups excluding tert-OH is 1. The molecule has 18 heavy (non-hydrogen) atoms. The molecule has 1 N–H and O–H groups in total. The molecular formula is C13H16ClN3O. The molecule has 2 aromatic rings. The van der Waals surface area contributed by atoms with Crippen LogP contribution in [-0.2, 0) is 6.54 Å². The number of imidazole rings is 1. The molecule has 2 rings (SSSR count). The maximum atomic E-state index is 9.99. The lowest BCUT2D eigenvalue weighted by Crippen LogP contribution is -2.31. The monoisotopic (exact) mass is 265 g/mol. The summed E-state index contributed by atoms with van der Waals surface area (Å²) in [4.78, 5) is 5.94. The molecule has 0 amide bonds. The molecule has 96 valence electrons. The Morgan fingerprint density at radius 2 is 2.11 bits per heavy atom. The van der Waals surface area contributed by atoms with E-state index in [9.17, 15) is 5.11 Å². The normalized spacial score (nSPS) is 12.4. The Bertz CT molecular complexity index is 469. The first-order valence-electron chi connectivity index (χ1n) is 5.75. The van der Waals surface area contributed by atoms with E-state index in [1.54, 1.807) is 12.5 Å². The minimum atomic E-state index is -0.445. The second kappa shape index (κ2) is 5.89. The molecule has 0 fully saturated rings. The number of hydrogen-bond donors (Lipinski definition) is 1. The largest absolute Gasteiger partial charge is 0.389 e. The van der Waals surface area contributed by atoms with Crippen LogP contribution in [0, 0.1) is 0 Å². The molecule has 1 atom stereocenters. The molecule has 0 spiro atoms. The van der Waals surface area contributed by atoms with Crippen molar-refractivity contribution in [2.24, 2.45) is 0 Å². The number of aromatic nitrogens is 2. The van der Waals surface area contributed by atoms with Crippen LogP contribution < -0.4 is 4.90 Å². The number of hydrogen-bond acceptors (Lipinski definition) is 3. The smallest absolute Gasteiger partial charge is 0.0946 e. The second-order valence-corrected chi connectivity index (χ2v) is 4.71. The van der Waals surface area contributed by atoms with E-state index in [-0.39, 0.29) is 0 Å². The van der Waals surface area contributed by atoms with Crippen LogP contribution in [0.2, 0.25) is 5.02 Å². The number of nitrogens with zero attached hydrogens (tertiary/aromatic N) is 3. The Labute approximate surface area is 111 Å². The van der Waals surface area contributed by atoms with Gasteiger partial charge in [-0.3, -0.25) is 0 Å². The minimum Gasteiger partial charge on any atom is -0.389 e. The first-order chi connectivity index (χ1) is 8.65. The van der Waals surface area contributed by atoms with Crippen LogP contribution in [-0.4, -0.2) is 34.4 Å². The number of aliphatic hydroxyl groups is 1. The van der Waals surface area contributed by atoms with E-state index in [2.05, 4.69) is 4.98 Å². The minimum absolute atomic E-state index is 0.445. The van der Waals surface area contributed by atoms with Crippen LogP contribution in [0.5, 0.6) is 0 Å². The standard InChI is InChI=1S/C13H16ClN3O/c1-16(12-4-2-11(14)3-5-12)8-13(18)9-17-7-6-15-10-17/h2-7,10,13,18H,8-9H2,1H3/t13-/m1/s1. The van der Waals surface area contributed by atoms with Crippen molar-refractivity contribution in [3.8, 4) is 0 Å². The molecule has 0 aliphatic heterocycles.